The molecule has 0 aliphatic carbocycles. The number of fused-ring (bicyclic) bond motifs is 1. The van der Waals surface area contributed by atoms with Gasteiger partial charge in [0.2, 0.25) is 0 Å². The Morgan fingerprint density at radius 1 is 1.30 bits per heavy atom. The van der Waals surface area contributed by atoms with E-state index in [-0.39, 0.29) is 5.75 Å². The third kappa shape index (κ3) is 2.91. The smallest absolute Gasteiger partial charge is 0.179 e. The monoisotopic (exact) mass is 327 g/mol. The van der Waals surface area contributed by atoms with E-state index in [9.17, 15) is 8.42 Å². The molecule has 3 nitrogen and oxygen atoms in total. The van der Waals surface area contributed by atoms with Crippen molar-refractivity contribution < 1.29 is 8.42 Å². The summed E-state index contributed by atoms with van der Waals surface area (Å²) in [7, 11) is -3.16. The highest BCUT2D eigenvalue weighted by Crippen LogP contribution is 2.25. The van der Waals surface area contributed by atoms with Crippen molar-refractivity contribution in [3.05, 3.63) is 51.2 Å². The van der Waals surface area contributed by atoms with Crippen LogP contribution < -0.4 is 0 Å². The SMILES string of the molecule is O=S1(=O)CCN(Cc2cc(Cl)cs2)Cc2ccccc21. The van der Waals surface area contributed by atoms with Gasteiger partial charge in [-0.15, -0.1) is 11.3 Å². The molecule has 0 N–H and O–H groups in total. The Morgan fingerprint density at radius 3 is 2.85 bits per heavy atom. The second kappa shape index (κ2) is 5.48. The van der Waals surface area contributed by atoms with Crippen LogP contribution in [0.3, 0.4) is 0 Å². The summed E-state index contributed by atoms with van der Waals surface area (Å²) in [5.74, 6) is 0.170. The van der Waals surface area contributed by atoms with Crippen molar-refractivity contribution in [2.75, 3.05) is 12.3 Å². The maximum Gasteiger partial charge on any atom is 0.179 e. The zero-order valence-corrected chi connectivity index (χ0v) is 13.1. The van der Waals surface area contributed by atoms with Gasteiger partial charge >= 0.3 is 0 Å². The van der Waals surface area contributed by atoms with Crippen molar-refractivity contribution in [2.24, 2.45) is 0 Å². The number of hydrogen-bond acceptors (Lipinski definition) is 4. The summed E-state index contributed by atoms with van der Waals surface area (Å²) >= 11 is 7.54. The van der Waals surface area contributed by atoms with Gasteiger partial charge in [-0.1, -0.05) is 29.8 Å². The first kappa shape index (κ1) is 14.1. The van der Waals surface area contributed by atoms with E-state index in [1.807, 2.05) is 23.6 Å². The predicted molar refractivity (Wildman–Crippen MR) is 81.9 cm³/mol. The average Bonchev–Trinajstić information content (AvgIpc) is 2.76. The van der Waals surface area contributed by atoms with Gasteiger partial charge in [-0.2, -0.15) is 0 Å². The van der Waals surface area contributed by atoms with Gasteiger partial charge in [0, 0.05) is 29.9 Å². The quantitative estimate of drug-likeness (QED) is 0.850. The summed E-state index contributed by atoms with van der Waals surface area (Å²) in [5, 5.41) is 2.65. The van der Waals surface area contributed by atoms with Crippen molar-refractivity contribution in [1.82, 2.24) is 4.90 Å². The standard InChI is InChI=1S/C14H14ClNO2S2/c15-12-7-13(19-10-12)9-16-5-6-20(17,18)14-4-2-1-3-11(14)8-16/h1-4,7,10H,5-6,8-9H2. The molecule has 2 aromatic rings. The molecule has 0 unspecified atom stereocenters. The fourth-order valence-electron chi connectivity index (χ4n) is 2.41. The van der Waals surface area contributed by atoms with Crippen molar-refractivity contribution in [2.45, 2.75) is 18.0 Å². The molecule has 1 aliphatic rings. The lowest BCUT2D eigenvalue weighted by Gasteiger charge is -2.18. The maximum absolute atomic E-state index is 12.2. The number of thiophene rings is 1. The molecule has 0 bridgehead atoms. The predicted octanol–water partition coefficient (Wildman–Crippen LogP) is 3.19. The van der Waals surface area contributed by atoms with Crippen LogP contribution in [0.2, 0.25) is 5.02 Å². The van der Waals surface area contributed by atoms with Gasteiger partial charge in [0.1, 0.15) is 0 Å². The van der Waals surface area contributed by atoms with Gasteiger partial charge in [0.25, 0.3) is 0 Å². The molecule has 2 heterocycles. The molecule has 1 aromatic heterocycles. The molecule has 106 valence electrons. The number of halogens is 1. The summed E-state index contributed by atoms with van der Waals surface area (Å²) in [6, 6.07) is 9.21. The van der Waals surface area contributed by atoms with E-state index in [1.165, 1.54) is 0 Å². The molecule has 0 fully saturated rings. The first-order chi connectivity index (χ1) is 9.54. The molecular weight excluding hydrogens is 314 g/mol. The molecule has 0 spiro atoms. The Bertz CT molecular complexity index is 724. The molecule has 3 rings (SSSR count). The molecular formula is C14H14ClNO2S2. The molecule has 1 aliphatic heterocycles. The van der Waals surface area contributed by atoms with Gasteiger partial charge < -0.3 is 0 Å². The van der Waals surface area contributed by atoms with Crippen LogP contribution in [0.4, 0.5) is 0 Å². The lowest BCUT2D eigenvalue weighted by molar-refractivity contribution is 0.276. The topological polar surface area (TPSA) is 37.4 Å². The highest BCUT2D eigenvalue weighted by Gasteiger charge is 2.25. The van der Waals surface area contributed by atoms with E-state index in [1.54, 1.807) is 23.5 Å². The van der Waals surface area contributed by atoms with Crippen LogP contribution in [0.1, 0.15) is 10.4 Å². The summed E-state index contributed by atoms with van der Waals surface area (Å²) in [4.78, 5) is 3.80. The molecule has 20 heavy (non-hydrogen) atoms. The third-order valence-electron chi connectivity index (χ3n) is 3.38. The summed E-state index contributed by atoms with van der Waals surface area (Å²) < 4.78 is 24.5. The van der Waals surface area contributed by atoms with Gasteiger partial charge in [-0.05, 0) is 17.7 Å². The van der Waals surface area contributed by atoms with Crippen molar-refractivity contribution >= 4 is 32.8 Å². The fourth-order valence-corrected chi connectivity index (χ4v) is 5.06. The lowest BCUT2D eigenvalue weighted by Crippen LogP contribution is -2.25. The summed E-state index contributed by atoms with van der Waals surface area (Å²) in [5.41, 5.74) is 0.882. The van der Waals surface area contributed by atoms with Gasteiger partial charge in [-0.3, -0.25) is 4.90 Å². The lowest BCUT2D eigenvalue weighted by atomic mass is 10.2. The van der Waals surface area contributed by atoms with E-state index in [2.05, 4.69) is 4.90 Å². The normalized spacial score (nSPS) is 18.4. The molecule has 0 radical (unpaired) electrons. The Labute approximate surface area is 127 Å². The molecule has 0 amide bonds. The van der Waals surface area contributed by atoms with Crippen LogP contribution in [-0.2, 0) is 22.9 Å². The molecule has 1 aromatic carbocycles. The van der Waals surface area contributed by atoms with Crippen molar-refractivity contribution in [3.63, 3.8) is 0 Å². The van der Waals surface area contributed by atoms with E-state index >= 15 is 0 Å². The zero-order chi connectivity index (χ0) is 14.2. The zero-order valence-electron chi connectivity index (χ0n) is 10.8. The van der Waals surface area contributed by atoms with E-state index in [4.69, 9.17) is 11.6 Å². The molecule has 0 atom stereocenters. The maximum atomic E-state index is 12.2. The number of sulfone groups is 1. The molecule has 0 saturated heterocycles. The van der Waals surface area contributed by atoms with Crippen LogP contribution in [0.15, 0.2) is 40.6 Å². The molecule has 0 saturated carbocycles. The first-order valence-corrected chi connectivity index (χ1v) is 9.21. The number of rotatable bonds is 2. The first-order valence-electron chi connectivity index (χ1n) is 6.30. The Kier molecular flexibility index (Phi) is 3.86. The molecule has 6 heteroatoms. The second-order valence-corrected chi connectivity index (χ2v) is 8.38. The van der Waals surface area contributed by atoms with Crippen molar-refractivity contribution in [1.29, 1.82) is 0 Å². The average molecular weight is 328 g/mol. The number of benzene rings is 1. The Balaban J connectivity index is 1.88. The van der Waals surface area contributed by atoms with Crippen LogP contribution in [-0.4, -0.2) is 25.6 Å². The minimum atomic E-state index is -3.16. The minimum absolute atomic E-state index is 0.170. The Morgan fingerprint density at radius 2 is 2.10 bits per heavy atom. The Hall–Kier alpha value is -0.880. The second-order valence-electron chi connectivity index (χ2n) is 4.87. The highest BCUT2D eigenvalue weighted by molar-refractivity contribution is 7.91. The van der Waals surface area contributed by atoms with E-state index in [0.29, 0.717) is 18.0 Å². The van der Waals surface area contributed by atoms with Crippen LogP contribution in [0.25, 0.3) is 0 Å². The van der Waals surface area contributed by atoms with Gasteiger partial charge in [-0.25, -0.2) is 8.42 Å². The van der Waals surface area contributed by atoms with Gasteiger partial charge in [0.15, 0.2) is 9.84 Å². The van der Waals surface area contributed by atoms with Crippen LogP contribution >= 0.6 is 22.9 Å². The van der Waals surface area contributed by atoms with Crippen molar-refractivity contribution in [3.8, 4) is 0 Å². The van der Waals surface area contributed by atoms with E-state index in [0.717, 1.165) is 22.0 Å². The largest absolute Gasteiger partial charge is 0.293 e. The minimum Gasteiger partial charge on any atom is -0.293 e. The summed E-state index contributed by atoms with van der Waals surface area (Å²) in [6.45, 7) is 1.94. The van der Waals surface area contributed by atoms with Crippen LogP contribution in [0, 0.1) is 0 Å². The number of nitrogens with zero attached hydrogens (tertiary/aromatic N) is 1. The number of hydrogen-bond donors (Lipinski definition) is 0. The van der Waals surface area contributed by atoms with Crippen LogP contribution in [0.5, 0.6) is 0 Å². The summed E-state index contributed by atoms with van der Waals surface area (Å²) in [6.07, 6.45) is 0. The van der Waals surface area contributed by atoms with Gasteiger partial charge in [0.05, 0.1) is 15.7 Å². The van der Waals surface area contributed by atoms with E-state index < -0.39 is 9.84 Å². The third-order valence-corrected chi connectivity index (χ3v) is 6.44. The fraction of sp³-hybridized carbons (Fsp3) is 0.286. The highest BCUT2D eigenvalue weighted by atomic mass is 35.5.